The van der Waals surface area contributed by atoms with Crippen molar-refractivity contribution in [2.45, 2.75) is 77.6 Å². The monoisotopic (exact) mass is 318 g/mol. The Morgan fingerprint density at radius 1 is 0.870 bits per heavy atom. The zero-order valence-electron chi connectivity index (χ0n) is 15.3. The molecular formula is C22H38O. The molecule has 0 aromatic heterocycles. The fraction of sp³-hybridized carbons (Fsp3) is 0.818. The van der Waals surface area contributed by atoms with E-state index in [1.54, 1.807) is 0 Å². The fourth-order valence-corrected chi connectivity index (χ4v) is 4.71. The molecule has 0 spiro atoms. The third-order valence-corrected chi connectivity index (χ3v) is 6.18. The van der Waals surface area contributed by atoms with E-state index in [1.165, 1.54) is 70.6 Å². The summed E-state index contributed by atoms with van der Waals surface area (Å²) in [5.41, 5.74) is 0. The van der Waals surface area contributed by atoms with Crippen LogP contribution in [0.4, 0.5) is 0 Å². The topological polar surface area (TPSA) is 9.23 Å². The lowest BCUT2D eigenvalue weighted by Crippen LogP contribution is -2.27. The highest BCUT2D eigenvalue weighted by Crippen LogP contribution is 2.42. The van der Waals surface area contributed by atoms with Crippen molar-refractivity contribution in [2.75, 3.05) is 13.2 Å². The minimum absolute atomic E-state index is 0.720. The molecule has 0 radical (unpaired) electrons. The summed E-state index contributed by atoms with van der Waals surface area (Å²) >= 11 is 0. The van der Waals surface area contributed by atoms with Crippen molar-refractivity contribution in [3.05, 3.63) is 24.8 Å². The minimum atomic E-state index is 0.720. The standard InChI is InChI=1S/C22H38O/c1-3-5-6-7-8-19-9-13-21(14-10-19)22-15-11-20(12-16-22)18-23-17-4-2/h4-6,19-22H,2-3,7-18H2,1H3/b6-5+/t19-,20?,21-,22?. The van der Waals surface area contributed by atoms with Gasteiger partial charge in [-0.15, -0.1) is 6.58 Å². The number of ether oxygens (including phenoxy) is 1. The van der Waals surface area contributed by atoms with Crippen LogP contribution in [0.1, 0.15) is 77.6 Å². The van der Waals surface area contributed by atoms with E-state index < -0.39 is 0 Å². The lowest BCUT2D eigenvalue weighted by molar-refractivity contribution is 0.0781. The van der Waals surface area contributed by atoms with Crippen LogP contribution in [-0.2, 0) is 4.74 Å². The maximum Gasteiger partial charge on any atom is 0.0644 e. The molecule has 0 aromatic rings. The number of allylic oxidation sites excluding steroid dienone is 2. The van der Waals surface area contributed by atoms with Crippen molar-refractivity contribution in [1.82, 2.24) is 0 Å². The van der Waals surface area contributed by atoms with Crippen molar-refractivity contribution >= 4 is 0 Å². The molecule has 0 amide bonds. The maximum atomic E-state index is 5.65. The van der Waals surface area contributed by atoms with E-state index in [-0.39, 0.29) is 0 Å². The van der Waals surface area contributed by atoms with Crippen LogP contribution < -0.4 is 0 Å². The molecule has 2 saturated carbocycles. The van der Waals surface area contributed by atoms with Crippen LogP contribution in [0.2, 0.25) is 0 Å². The second-order valence-electron chi connectivity index (χ2n) is 7.84. The summed E-state index contributed by atoms with van der Waals surface area (Å²) in [7, 11) is 0. The van der Waals surface area contributed by atoms with Gasteiger partial charge in [-0.3, -0.25) is 0 Å². The number of hydrogen-bond donors (Lipinski definition) is 0. The van der Waals surface area contributed by atoms with E-state index >= 15 is 0 Å². The molecule has 2 rings (SSSR count). The van der Waals surface area contributed by atoms with E-state index in [1.807, 2.05) is 6.08 Å². The molecular weight excluding hydrogens is 280 g/mol. The molecule has 2 fully saturated rings. The van der Waals surface area contributed by atoms with Gasteiger partial charge in [0.05, 0.1) is 6.61 Å². The van der Waals surface area contributed by atoms with Gasteiger partial charge in [-0.2, -0.15) is 0 Å². The molecule has 0 saturated heterocycles. The van der Waals surface area contributed by atoms with Gasteiger partial charge in [-0.1, -0.05) is 38.0 Å². The van der Waals surface area contributed by atoms with Crippen LogP contribution in [0.15, 0.2) is 24.8 Å². The van der Waals surface area contributed by atoms with E-state index in [0.29, 0.717) is 0 Å². The molecule has 0 atom stereocenters. The summed E-state index contributed by atoms with van der Waals surface area (Å²) in [6.45, 7) is 7.62. The first-order valence-corrected chi connectivity index (χ1v) is 10.2. The molecule has 23 heavy (non-hydrogen) atoms. The molecule has 0 unspecified atom stereocenters. The summed E-state index contributed by atoms with van der Waals surface area (Å²) in [4.78, 5) is 0. The third kappa shape index (κ3) is 6.83. The molecule has 2 aliphatic carbocycles. The van der Waals surface area contributed by atoms with Crippen LogP contribution >= 0.6 is 0 Å². The quantitative estimate of drug-likeness (QED) is 0.346. The molecule has 0 bridgehead atoms. The molecule has 1 heteroatoms. The lowest BCUT2D eigenvalue weighted by Gasteiger charge is -2.37. The smallest absolute Gasteiger partial charge is 0.0644 e. The minimum Gasteiger partial charge on any atom is -0.377 e. The van der Waals surface area contributed by atoms with Crippen LogP contribution in [-0.4, -0.2) is 13.2 Å². The summed E-state index contributed by atoms with van der Waals surface area (Å²) in [5.74, 6) is 3.88. The van der Waals surface area contributed by atoms with Gasteiger partial charge in [0.25, 0.3) is 0 Å². The van der Waals surface area contributed by atoms with Crippen molar-refractivity contribution < 1.29 is 4.74 Å². The predicted molar refractivity (Wildman–Crippen MR) is 101 cm³/mol. The van der Waals surface area contributed by atoms with E-state index in [4.69, 9.17) is 4.74 Å². The lowest BCUT2D eigenvalue weighted by atomic mass is 9.69. The molecule has 2 aliphatic rings. The molecule has 0 aliphatic heterocycles. The average molecular weight is 319 g/mol. The van der Waals surface area contributed by atoms with Crippen LogP contribution in [0.3, 0.4) is 0 Å². The highest BCUT2D eigenvalue weighted by Gasteiger charge is 2.30. The Labute approximate surface area is 144 Å². The first kappa shape index (κ1) is 18.8. The van der Waals surface area contributed by atoms with Gasteiger partial charge >= 0.3 is 0 Å². The van der Waals surface area contributed by atoms with Crippen LogP contribution in [0.25, 0.3) is 0 Å². The van der Waals surface area contributed by atoms with Gasteiger partial charge in [-0.25, -0.2) is 0 Å². The average Bonchev–Trinajstić information content (AvgIpc) is 2.60. The van der Waals surface area contributed by atoms with Crippen molar-refractivity contribution in [3.8, 4) is 0 Å². The van der Waals surface area contributed by atoms with E-state index in [2.05, 4.69) is 25.7 Å². The van der Waals surface area contributed by atoms with Crippen LogP contribution in [0.5, 0.6) is 0 Å². The number of rotatable bonds is 9. The van der Waals surface area contributed by atoms with Gasteiger partial charge in [0, 0.05) is 6.61 Å². The summed E-state index contributed by atoms with van der Waals surface area (Å²) < 4.78 is 5.65. The highest BCUT2D eigenvalue weighted by molar-refractivity contribution is 4.85. The van der Waals surface area contributed by atoms with E-state index in [9.17, 15) is 0 Å². The highest BCUT2D eigenvalue weighted by atomic mass is 16.5. The van der Waals surface area contributed by atoms with Crippen molar-refractivity contribution in [1.29, 1.82) is 0 Å². The van der Waals surface area contributed by atoms with E-state index in [0.717, 1.165) is 36.9 Å². The zero-order valence-corrected chi connectivity index (χ0v) is 15.3. The summed E-state index contributed by atoms with van der Waals surface area (Å²) in [5, 5.41) is 0. The first-order valence-electron chi connectivity index (χ1n) is 10.2. The normalized spacial score (nSPS) is 32.2. The van der Waals surface area contributed by atoms with Gasteiger partial charge < -0.3 is 4.74 Å². The zero-order chi connectivity index (χ0) is 16.3. The molecule has 0 heterocycles. The maximum absolute atomic E-state index is 5.65. The van der Waals surface area contributed by atoms with Gasteiger partial charge in [0.2, 0.25) is 0 Å². The Morgan fingerprint density at radius 2 is 1.48 bits per heavy atom. The van der Waals surface area contributed by atoms with Crippen LogP contribution in [0, 0.1) is 23.7 Å². The Balaban J connectivity index is 1.59. The Morgan fingerprint density at radius 3 is 2.04 bits per heavy atom. The summed E-state index contributed by atoms with van der Waals surface area (Å²) in [6.07, 6.45) is 22.2. The van der Waals surface area contributed by atoms with Crippen molar-refractivity contribution in [2.24, 2.45) is 23.7 Å². The Hall–Kier alpha value is -0.560. The largest absolute Gasteiger partial charge is 0.377 e. The SMILES string of the molecule is C=CCOCC1CCC([C@H]2CC[C@H](CC/C=C/CC)CC2)CC1. The Bertz CT molecular complexity index is 330. The molecule has 1 nitrogen and oxygen atoms in total. The second-order valence-corrected chi connectivity index (χ2v) is 7.84. The Kier molecular flexibility index (Phi) is 9.04. The van der Waals surface area contributed by atoms with Gasteiger partial charge in [-0.05, 0) is 81.5 Å². The first-order chi connectivity index (χ1) is 11.3. The predicted octanol–water partition coefficient (Wildman–Crippen LogP) is 6.55. The molecule has 132 valence electrons. The third-order valence-electron chi connectivity index (χ3n) is 6.18. The molecule has 0 aromatic carbocycles. The fourth-order valence-electron chi connectivity index (χ4n) is 4.71. The van der Waals surface area contributed by atoms with Crippen molar-refractivity contribution in [3.63, 3.8) is 0 Å². The van der Waals surface area contributed by atoms with Gasteiger partial charge in [0.15, 0.2) is 0 Å². The number of hydrogen-bond acceptors (Lipinski definition) is 1. The second kappa shape index (κ2) is 11.1. The van der Waals surface area contributed by atoms with Gasteiger partial charge in [0.1, 0.15) is 0 Å². The summed E-state index contributed by atoms with van der Waals surface area (Å²) in [6, 6.07) is 0. The molecule has 0 N–H and O–H groups in total.